The minimum Gasteiger partial charge on any atom is -0.377 e. The number of hydrogen-bond donors (Lipinski definition) is 1. The Labute approximate surface area is 62.7 Å². The molecule has 1 fully saturated rings. The smallest absolute Gasteiger partial charge is 0.0669 e. The maximum atomic E-state index is 5.96. The maximum Gasteiger partial charge on any atom is 0.0669 e. The van der Waals surface area contributed by atoms with Gasteiger partial charge in [-0.1, -0.05) is 20.8 Å². The molecule has 0 spiro atoms. The molecular formula is C8H17NO. The van der Waals surface area contributed by atoms with Crippen LogP contribution in [0.3, 0.4) is 0 Å². The highest BCUT2D eigenvalue weighted by molar-refractivity contribution is 4.93. The molecule has 0 unspecified atom stereocenters. The fourth-order valence-corrected chi connectivity index (χ4v) is 1.52. The molecule has 2 nitrogen and oxygen atoms in total. The van der Waals surface area contributed by atoms with Crippen LogP contribution >= 0.6 is 0 Å². The lowest BCUT2D eigenvalue weighted by Gasteiger charge is -2.42. The van der Waals surface area contributed by atoms with Gasteiger partial charge in [0, 0.05) is 0 Å². The fourth-order valence-electron chi connectivity index (χ4n) is 1.52. The molecule has 1 saturated heterocycles. The number of ether oxygens (including phenoxy) is 1. The Morgan fingerprint density at radius 1 is 1.40 bits per heavy atom. The lowest BCUT2D eigenvalue weighted by atomic mass is 9.79. The summed E-state index contributed by atoms with van der Waals surface area (Å²) < 4.78 is 5.06. The van der Waals surface area contributed by atoms with E-state index in [4.69, 9.17) is 10.5 Å². The van der Waals surface area contributed by atoms with Gasteiger partial charge in [0.1, 0.15) is 0 Å². The SMILES string of the molecule is CC(C)(C)CC1(N)COC1. The van der Waals surface area contributed by atoms with Crippen LogP contribution in [-0.2, 0) is 4.74 Å². The average Bonchev–Trinajstić information content (AvgIpc) is 1.57. The van der Waals surface area contributed by atoms with Crippen molar-refractivity contribution in [2.24, 2.45) is 11.1 Å². The first-order valence-corrected chi connectivity index (χ1v) is 3.78. The molecule has 0 aliphatic carbocycles. The Kier molecular flexibility index (Phi) is 1.77. The van der Waals surface area contributed by atoms with Gasteiger partial charge in [0.15, 0.2) is 0 Å². The zero-order valence-corrected chi connectivity index (χ0v) is 7.11. The number of hydrogen-bond acceptors (Lipinski definition) is 2. The molecule has 0 aromatic rings. The molecule has 0 aromatic carbocycles. The Bertz CT molecular complexity index is 122. The van der Waals surface area contributed by atoms with Crippen molar-refractivity contribution in [2.45, 2.75) is 32.7 Å². The highest BCUT2D eigenvalue weighted by Crippen LogP contribution is 2.30. The number of rotatable bonds is 1. The van der Waals surface area contributed by atoms with Crippen LogP contribution in [0.25, 0.3) is 0 Å². The van der Waals surface area contributed by atoms with E-state index in [0.717, 1.165) is 19.6 Å². The molecule has 0 atom stereocenters. The van der Waals surface area contributed by atoms with Crippen molar-refractivity contribution in [1.82, 2.24) is 0 Å². The van der Waals surface area contributed by atoms with Gasteiger partial charge < -0.3 is 10.5 Å². The molecule has 1 aliphatic heterocycles. The van der Waals surface area contributed by atoms with E-state index in [-0.39, 0.29) is 5.54 Å². The monoisotopic (exact) mass is 143 g/mol. The van der Waals surface area contributed by atoms with Crippen LogP contribution in [0.4, 0.5) is 0 Å². The molecule has 2 heteroatoms. The van der Waals surface area contributed by atoms with Crippen LogP contribution in [0.15, 0.2) is 0 Å². The van der Waals surface area contributed by atoms with Gasteiger partial charge in [0.25, 0.3) is 0 Å². The summed E-state index contributed by atoms with van der Waals surface area (Å²) in [5.74, 6) is 0. The molecule has 2 N–H and O–H groups in total. The van der Waals surface area contributed by atoms with Gasteiger partial charge >= 0.3 is 0 Å². The summed E-state index contributed by atoms with van der Waals surface area (Å²) in [5, 5.41) is 0. The summed E-state index contributed by atoms with van der Waals surface area (Å²) in [6.45, 7) is 8.11. The zero-order valence-electron chi connectivity index (χ0n) is 7.11. The van der Waals surface area contributed by atoms with Gasteiger partial charge in [0.05, 0.1) is 18.8 Å². The van der Waals surface area contributed by atoms with Crippen molar-refractivity contribution in [2.75, 3.05) is 13.2 Å². The molecule has 60 valence electrons. The predicted molar refractivity (Wildman–Crippen MR) is 41.8 cm³/mol. The Morgan fingerprint density at radius 2 is 1.90 bits per heavy atom. The summed E-state index contributed by atoms with van der Waals surface area (Å²) in [5.41, 5.74) is 6.28. The number of nitrogens with two attached hydrogens (primary N) is 1. The highest BCUT2D eigenvalue weighted by atomic mass is 16.5. The predicted octanol–water partition coefficient (Wildman–Crippen LogP) is 1.15. The van der Waals surface area contributed by atoms with E-state index < -0.39 is 0 Å². The normalized spacial score (nSPS) is 24.0. The first-order chi connectivity index (χ1) is 4.41. The molecule has 1 aliphatic rings. The van der Waals surface area contributed by atoms with Crippen LogP contribution in [0.5, 0.6) is 0 Å². The molecule has 0 amide bonds. The molecule has 0 aromatic heterocycles. The van der Waals surface area contributed by atoms with Gasteiger partial charge in [-0.15, -0.1) is 0 Å². The largest absolute Gasteiger partial charge is 0.377 e. The lowest BCUT2D eigenvalue weighted by molar-refractivity contribution is -0.0703. The molecular weight excluding hydrogens is 126 g/mol. The van der Waals surface area contributed by atoms with Gasteiger partial charge in [-0.05, 0) is 11.8 Å². The fraction of sp³-hybridized carbons (Fsp3) is 1.00. The molecule has 0 radical (unpaired) electrons. The van der Waals surface area contributed by atoms with Crippen molar-refractivity contribution < 1.29 is 4.74 Å². The highest BCUT2D eigenvalue weighted by Gasteiger charge is 2.37. The van der Waals surface area contributed by atoms with E-state index in [1.807, 2.05) is 0 Å². The molecule has 10 heavy (non-hydrogen) atoms. The second-order valence-electron chi connectivity index (χ2n) is 4.59. The van der Waals surface area contributed by atoms with Crippen molar-refractivity contribution in [3.63, 3.8) is 0 Å². The summed E-state index contributed by atoms with van der Waals surface area (Å²) in [4.78, 5) is 0. The second kappa shape index (κ2) is 2.21. The van der Waals surface area contributed by atoms with Gasteiger partial charge in [0.2, 0.25) is 0 Å². The van der Waals surface area contributed by atoms with Gasteiger partial charge in [-0.2, -0.15) is 0 Å². The zero-order chi connectivity index (χ0) is 7.83. The van der Waals surface area contributed by atoms with E-state index in [9.17, 15) is 0 Å². The van der Waals surface area contributed by atoms with Crippen LogP contribution in [0.2, 0.25) is 0 Å². The Morgan fingerprint density at radius 3 is 2.00 bits per heavy atom. The Balaban J connectivity index is 2.37. The first kappa shape index (κ1) is 8.02. The summed E-state index contributed by atoms with van der Waals surface area (Å²) in [6.07, 6.45) is 1.06. The maximum absolute atomic E-state index is 5.96. The first-order valence-electron chi connectivity index (χ1n) is 3.78. The third-order valence-corrected chi connectivity index (χ3v) is 1.66. The minimum absolute atomic E-state index is 0.0156. The van der Waals surface area contributed by atoms with Crippen LogP contribution < -0.4 is 5.73 Å². The molecule has 0 saturated carbocycles. The average molecular weight is 143 g/mol. The van der Waals surface area contributed by atoms with Crippen LogP contribution in [0.1, 0.15) is 27.2 Å². The summed E-state index contributed by atoms with van der Waals surface area (Å²) >= 11 is 0. The summed E-state index contributed by atoms with van der Waals surface area (Å²) in [7, 11) is 0. The van der Waals surface area contributed by atoms with E-state index in [1.165, 1.54) is 0 Å². The van der Waals surface area contributed by atoms with Crippen molar-refractivity contribution in [3.8, 4) is 0 Å². The lowest BCUT2D eigenvalue weighted by Crippen LogP contribution is -2.59. The van der Waals surface area contributed by atoms with Gasteiger partial charge in [-0.25, -0.2) is 0 Å². The van der Waals surface area contributed by atoms with Crippen molar-refractivity contribution in [1.29, 1.82) is 0 Å². The molecule has 1 rings (SSSR count). The third kappa shape index (κ3) is 1.96. The standard InChI is InChI=1S/C8H17NO/c1-7(2,3)4-8(9)5-10-6-8/h4-6,9H2,1-3H3. The molecule has 0 bridgehead atoms. The van der Waals surface area contributed by atoms with Crippen LogP contribution in [-0.4, -0.2) is 18.8 Å². The van der Waals surface area contributed by atoms with Crippen molar-refractivity contribution >= 4 is 0 Å². The van der Waals surface area contributed by atoms with E-state index in [2.05, 4.69) is 20.8 Å². The van der Waals surface area contributed by atoms with E-state index >= 15 is 0 Å². The Hall–Kier alpha value is -0.0800. The van der Waals surface area contributed by atoms with Gasteiger partial charge in [-0.3, -0.25) is 0 Å². The van der Waals surface area contributed by atoms with E-state index in [1.54, 1.807) is 0 Å². The van der Waals surface area contributed by atoms with Crippen molar-refractivity contribution in [3.05, 3.63) is 0 Å². The summed E-state index contributed by atoms with van der Waals surface area (Å²) in [6, 6.07) is 0. The topological polar surface area (TPSA) is 35.2 Å². The quantitative estimate of drug-likeness (QED) is 0.597. The van der Waals surface area contributed by atoms with E-state index in [0.29, 0.717) is 5.41 Å². The third-order valence-electron chi connectivity index (χ3n) is 1.66. The van der Waals surface area contributed by atoms with Crippen LogP contribution in [0, 0.1) is 5.41 Å². The molecule has 1 heterocycles. The second-order valence-corrected chi connectivity index (χ2v) is 4.59. The minimum atomic E-state index is -0.0156.